The second kappa shape index (κ2) is 6.71. The summed E-state index contributed by atoms with van der Waals surface area (Å²) in [6, 6.07) is 1.95. The van der Waals surface area contributed by atoms with Crippen molar-refractivity contribution in [1.29, 1.82) is 0 Å². The molecule has 5 heteroatoms. The molecule has 2 rings (SSSR count). The number of thiophene rings is 1. The van der Waals surface area contributed by atoms with Crippen LogP contribution in [0.1, 0.15) is 23.3 Å². The largest absolute Gasteiger partial charge is 0.384 e. The second-order valence-electron chi connectivity index (χ2n) is 4.46. The Morgan fingerprint density at radius 1 is 1.68 bits per heavy atom. The third kappa shape index (κ3) is 3.80. The van der Waals surface area contributed by atoms with Crippen LogP contribution in [0.4, 0.5) is 0 Å². The fourth-order valence-corrected chi connectivity index (χ4v) is 2.87. The van der Waals surface area contributed by atoms with E-state index in [-0.39, 0.29) is 18.6 Å². The van der Waals surface area contributed by atoms with Crippen LogP contribution in [0.3, 0.4) is 0 Å². The Labute approximate surface area is 117 Å². The van der Waals surface area contributed by atoms with Crippen molar-refractivity contribution in [3.8, 4) is 11.8 Å². The fraction of sp³-hybridized carbons (Fsp3) is 0.500. The number of amides is 1. The van der Waals surface area contributed by atoms with Gasteiger partial charge in [0, 0.05) is 29.5 Å². The molecular formula is C14H17NO3S. The van der Waals surface area contributed by atoms with Gasteiger partial charge in [-0.05, 0) is 18.9 Å². The summed E-state index contributed by atoms with van der Waals surface area (Å²) in [6.45, 7) is 1.12. The minimum absolute atomic E-state index is 0.0499. The zero-order chi connectivity index (χ0) is 13.7. The molecule has 1 aromatic rings. The molecule has 0 spiro atoms. The molecule has 1 aliphatic heterocycles. The Kier molecular flexibility index (Phi) is 4.97. The summed E-state index contributed by atoms with van der Waals surface area (Å²) >= 11 is 1.57. The smallest absolute Gasteiger partial charge is 0.251 e. The van der Waals surface area contributed by atoms with Crippen molar-refractivity contribution in [2.45, 2.75) is 25.5 Å². The fourth-order valence-electron chi connectivity index (χ4n) is 2.00. The zero-order valence-electron chi connectivity index (χ0n) is 10.9. The highest BCUT2D eigenvalue weighted by atomic mass is 32.1. The van der Waals surface area contributed by atoms with Crippen molar-refractivity contribution in [3.63, 3.8) is 0 Å². The van der Waals surface area contributed by atoms with Gasteiger partial charge in [-0.1, -0.05) is 11.8 Å². The first-order valence-corrected chi connectivity index (χ1v) is 7.12. The van der Waals surface area contributed by atoms with Crippen molar-refractivity contribution >= 4 is 17.2 Å². The molecule has 1 aromatic heterocycles. The number of aliphatic hydroxyl groups excluding tert-OH is 1. The van der Waals surface area contributed by atoms with Gasteiger partial charge < -0.3 is 14.7 Å². The predicted molar refractivity (Wildman–Crippen MR) is 73.7 cm³/mol. The van der Waals surface area contributed by atoms with Gasteiger partial charge in [0.1, 0.15) is 12.7 Å². The van der Waals surface area contributed by atoms with Gasteiger partial charge in [-0.3, -0.25) is 4.79 Å². The molecule has 1 atom stereocenters. The third-order valence-electron chi connectivity index (χ3n) is 2.94. The van der Waals surface area contributed by atoms with E-state index in [1.165, 1.54) is 0 Å². The lowest BCUT2D eigenvalue weighted by atomic mass is 10.2. The second-order valence-corrected chi connectivity index (χ2v) is 5.45. The summed E-state index contributed by atoms with van der Waals surface area (Å²) in [5.74, 6) is 5.51. The van der Waals surface area contributed by atoms with Crippen LogP contribution in [-0.2, 0) is 16.1 Å². The van der Waals surface area contributed by atoms with Crippen molar-refractivity contribution in [3.05, 3.63) is 21.9 Å². The Balaban J connectivity index is 1.92. The maximum Gasteiger partial charge on any atom is 0.251 e. The van der Waals surface area contributed by atoms with Gasteiger partial charge in [-0.15, -0.1) is 11.3 Å². The SMILES string of the molecule is CN(Cc1cc(C#CCO)cs1)C(=O)C1CCCO1. The first kappa shape index (κ1) is 14.1. The molecule has 4 nitrogen and oxygen atoms in total. The van der Waals surface area contributed by atoms with Crippen LogP contribution in [0, 0.1) is 11.8 Å². The molecule has 0 saturated carbocycles. The van der Waals surface area contributed by atoms with Crippen LogP contribution in [0.5, 0.6) is 0 Å². The summed E-state index contributed by atoms with van der Waals surface area (Å²) < 4.78 is 5.39. The maximum absolute atomic E-state index is 12.1. The Morgan fingerprint density at radius 3 is 3.21 bits per heavy atom. The minimum Gasteiger partial charge on any atom is -0.384 e. The number of nitrogens with zero attached hydrogens (tertiary/aromatic N) is 1. The number of hydrogen-bond acceptors (Lipinski definition) is 4. The normalized spacial score (nSPS) is 17.9. The maximum atomic E-state index is 12.1. The number of likely N-dealkylation sites (N-methyl/N-ethyl adjacent to an activating group) is 1. The summed E-state index contributed by atoms with van der Waals surface area (Å²) in [5, 5.41) is 10.6. The highest BCUT2D eigenvalue weighted by Gasteiger charge is 2.26. The summed E-state index contributed by atoms with van der Waals surface area (Å²) in [6.07, 6.45) is 1.52. The number of carbonyl (C=O) groups is 1. The highest BCUT2D eigenvalue weighted by Crippen LogP contribution is 2.18. The van der Waals surface area contributed by atoms with E-state index in [0.29, 0.717) is 13.2 Å². The molecule has 0 bridgehead atoms. The zero-order valence-corrected chi connectivity index (χ0v) is 11.7. The molecular weight excluding hydrogens is 262 g/mol. The van der Waals surface area contributed by atoms with Crippen molar-refractivity contribution in [2.24, 2.45) is 0 Å². The number of hydrogen-bond donors (Lipinski definition) is 1. The molecule has 1 aliphatic rings. The molecule has 0 aliphatic carbocycles. The molecule has 0 radical (unpaired) electrons. The van der Waals surface area contributed by atoms with E-state index in [1.54, 1.807) is 23.3 Å². The van der Waals surface area contributed by atoms with Gasteiger partial charge in [-0.25, -0.2) is 0 Å². The Morgan fingerprint density at radius 2 is 2.53 bits per heavy atom. The van der Waals surface area contributed by atoms with E-state index < -0.39 is 0 Å². The molecule has 1 fully saturated rings. The standard InChI is InChI=1S/C14H17NO3S/c1-15(14(17)13-5-3-7-18-13)9-12-8-11(10-19-12)4-2-6-16/h8,10,13,16H,3,5-7,9H2,1H3. The quantitative estimate of drug-likeness (QED) is 0.847. The lowest BCUT2D eigenvalue weighted by Crippen LogP contribution is -2.35. The van der Waals surface area contributed by atoms with Crippen LogP contribution in [0.2, 0.25) is 0 Å². The monoisotopic (exact) mass is 279 g/mol. The number of aliphatic hydroxyl groups is 1. The Hall–Kier alpha value is -1.35. The minimum atomic E-state index is -0.265. The number of ether oxygens (including phenoxy) is 1. The van der Waals surface area contributed by atoms with Gasteiger partial charge >= 0.3 is 0 Å². The molecule has 102 valence electrons. The van der Waals surface area contributed by atoms with Crippen LogP contribution < -0.4 is 0 Å². The van der Waals surface area contributed by atoms with Crippen molar-refractivity contribution in [1.82, 2.24) is 4.90 Å². The molecule has 1 saturated heterocycles. The highest BCUT2D eigenvalue weighted by molar-refractivity contribution is 7.10. The molecule has 19 heavy (non-hydrogen) atoms. The van der Waals surface area contributed by atoms with Gasteiger partial charge in [0.15, 0.2) is 0 Å². The van der Waals surface area contributed by atoms with Gasteiger partial charge in [0.2, 0.25) is 0 Å². The average Bonchev–Trinajstić information content (AvgIpc) is 3.06. The van der Waals surface area contributed by atoms with Crippen LogP contribution in [0.25, 0.3) is 0 Å². The van der Waals surface area contributed by atoms with Crippen LogP contribution in [-0.4, -0.2) is 42.3 Å². The van der Waals surface area contributed by atoms with E-state index in [2.05, 4.69) is 11.8 Å². The first-order chi connectivity index (χ1) is 9.20. The summed E-state index contributed by atoms with van der Waals surface area (Å²) in [5.41, 5.74) is 0.881. The van der Waals surface area contributed by atoms with E-state index in [9.17, 15) is 4.79 Å². The molecule has 2 heterocycles. The molecule has 1 amide bonds. The predicted octanol–water partition coefficient (Wildman–Crippen LogP) is 1.23. The number of carbonyl (C=O) groups excluding carboxylic acids is 1. The topological polar surface area (TPSA) is 49.8 Å². The van der Waals surface area contributed by atoms with Crippen LogP contribution in [0.15, 0.2) is 11.4 Å². The van der Waals surface area contributed by atoms with E-state index in [4.69, 9.17) is 9.84 Å². The van der Waals surface area contributed by atoms with Gasteiger partial charge in [-0.2, -0.15) is 0 Å². The van der Waals surface area contributed by atoms with Gasteiger partial charge in [0.05, 0.1) is 6.54 Å². The van der Waals surface area contributed by atoms with Crippen molar-refractivity contribution in [2.75, 3.05) is 20.3 Å². The lowest BCUT2D eigenvalue weighted by molar-refractivity contribution is -0.140. The molecule has 1 unspecified atom stereocenters. The Bertz CT molecular complexity index is 494. The van der Waals surface area contributed by atoms with Crippen molar-refractivity contribution < 1.29 is 14.6 Å². The van der Waals surface area contributed by atoms with Gasteiger partial charge in [0.25, 0.3) is 5.91 Å². The lowest BCUT2D eigenvalue weighted by Gasteiger charge is -2.19. The van der Waals surface area contributed by atoms with E-state index >= 15 is 0 Å². The van der Waals surface area contributed by atoms with E-state index in [1.807, 2.05) is 11.4 Å². The van der Waals surface area contributed by atoms with E-state index in [0.717, 1.165) is 23.3 Å². The molecule has 1 N–H and O–H groups in total. The molecule has 0 aromatic carbocycles. The summed E-state index contributed by atoms with van der Waals surface area (Å²) in [4.78, 5) is 14.9. The number of rotatable bonds is 3. The average molecular weight is 279 g/mol. The third-order valence-corrected chi connectivity index (χ3v) is 3.86. The first-order valence-electron chi connectivity index (χ1n) is 6.24. The summed E-state index contributed by atoms with van der Waals surface area (Å²) in [7, 11) is 1.79. The van der Waals surface area contributed by atoms with Crippen LogP contribution >= 0.6 is 11.3 Å².